The SMILES string of the molecule is COc1cc2nncc(N3CCC(C)CC3)c2cc1OC.Cc1ccccc1. The predicted octanol–water partition coefficient (Wildman–Crippen LogP) is 4.88. The molecule has 0 saturated carbocycles. The normalized spacial score (nSPS) is 14.4. The molecule has 0 unspecified atom stereocenters. The summed E-state index contributed by atoms with van der Waals surface area (Å²) in [7, 11) is 3.29. The molecule has 5 heteroatoms. The summed E-state index contributed by atoms with van der Waals surface area (Å²) < 4.78 is 10.7. The number of anilines is 1. The molecule has 0 atom stereocenters. The number of ether oxygens (including phenoxy) is 2. The second kappa shape index (κ2) is 9.40. The first-order valence-corrected chi connectivity index (χ1v) is 9.76. The van der Waals surface area contributed by atoms with Gasteiger partial charge >= 0.3 is 0 Å². The van der Waals surface area contributed by atoms with Gasteiger partial charge in [0.2, 0.25) is 0 Å². The molecule has 2 heterocycles. The van der Waals surface area contributed by atoms with Crippen molar-refractivity contribution >= 4 is 16.6 Å². The minimum atomic E-state index is 0.684. The molecule has 148 valence electrons. The molecular formula is C23H29N3O2. The Hall–Kier alpha value is -2.82. The van der Waals surface area contributed by atoms with Gasteiger partial charge in [-0.05, 0) is 31.7 Å². The molecular weight excluding hydrogens is 350 g/mol. The number of benzene rings is 2. The molecule has 1 saturated heterocycles. The monoisotopic (exact) mass is 379 g/mol. The number of rotatable bonds is 3. The fourth-order valence-electron chi connectivity index (χ4n) is 3.41. The average molecular weight is 380 g/mol. The van der Waals surface area contributed by atoms with E-state index >= 15 is 0 Å². The van der Waals surface area contributed by atoms with E-state index in [1.54, 1.807) is 14.2 Å². The predicted molar refractivity (Wildman–Crippen MR) is 114 cm³/mol. The van der Waals surface area contributed by atoms with Crippen LogP contribution in [-0.4, -0.2) is 37.5 Å². The molecule has 1 aliphatic rings. The highest BCUT2D eigenvalue weighted by atomic mass is 16.5. The van der Waals surface area contributed by atoms with E-state index in [1.807, 2.05) is 36.5 Å². The summed E-state index contributed by atoms with van der Waals surface area (Å²) in [6, 6.07) is 14.1. The van der Waals surface area contributed by atoms with Gasteiger partial charge in [0.1, 0.15) is 0 Å². The molecule has 5 nitrogen and oxygen atoms in total. The summed E-state index contributed by atoms with van der Waals surface area (Å²) in [4.78, 5) is 2.39. The zero-order valence-electron chi connectivity index (χ0n) is 17.2. The van der Waals surface area contributed by atoms with Gasteiger partial charge in [-0.3, -0.25) is 0 Å². The molecule has 3 aromatic rings. The van der Waals surface area contributed by atoms with Crippen molar-refractivity contribution < 1.29 is 9.47 Å². The van der Waals surface area contributed by atoms with Crippen LogP contribution in [0.15, 0.2) is 48.7 Å². The number of hydrogen-bond acceptors (Lipinski definition) is 5. The molecule has 0 N–H and O–H groups in total. The fourth-order valence-corrected chi connectivity index (χ4v) is 3.41. The Morgan fingerprint density at radius 1 is 0.964 bits per heavy atom. The van der Waals surface area contributed by atoms with Crippen LogP contribution >= 0.6 is 0 Å². The van der Waals surface area contributed by atoms with E-state index in [0.29, 0.717) is 5.75 Å². The molecule has 0 amide bonds. The van der Waals surface area contributed by atoms with Crippen molar-refractivity contribution in [1.82, 2.24) is 10.2 Å². The molecule has 0 bridgehead atoms. The Morgan fingerprint density at radius 2 is 1.61 bits per heavy atom. The lowest BCUT2D eigenvalue weighted by Crippen LogP contribution is -2.33. The van der Waals surface area contributed by atoms with Crippen LogP contribution in [-0.2, 0) is 0 Å². The maximum Gasteiger partial charge on any atom is 0.162 e. The van der Waals surface area contributed by atoms with Crippen molar-refractivity contribution in [3.05, 3.63) is 54.2 Å². The van der Waals surface area contributed by atoms with Gasteiger partial charge in [-0.1, -0.05) is 42.8 Å². The Morgan fingerprint density at radius 3 is 2.18 bits per heavy atom. The maximum absolute atomic E-state index is 5.41. The first-order chi connectivity index (χ1) is 13.6. The van der Waals surface area contributed by atoms with E-state index in [2.05, 4.69) is 41.1 Å². The van der Waals surface area contributed by atoms with Crippen LogP contribution < -0.4 is 14.4 Å². The van der Waals surface area contributed by atoms with Crippen molar-refractivity contribution in [2.75, 3.05) is 32.2 Å². The van der Waals surface area contributed by atoms with Gasteiger partial charge in [0, 0.05) is 24.5 Å². The quantitative estimate of drug-likeness (QED) is 0.649. The minimum Gasteiger partial charge on any atom is -0.493 e. The first-order valence-electron chi connectivity index (χ1n) is 9.76. The molecule has 4 rings (SSSR count). The van der Waals surface area contributed by atoms with E-state index in [0.717, 1.165) is 41.3 Å². The van der Waals surface area contributed by atoms with Gasteiger partial charge in [-0.2, -0.15) is 10.2 Å². The first kappa shape index (κ1) is 19.9. The van der Waals surface area contributed by atoms with Gasteiger partial charge in [0.15, 0.2) is 11.5 Å². The highest BCUT2D eigenvalue weighted by molar-refractivity contribution is 5.93. The third kappa shape index (κ3) is 4.71. The largest absolute Gasteiger partial charge is 0.493 e. The third-order valence-corrected chi connectivity index (χ3v) is 5.19. The van der Waals surface area contributed by atoms with Crippen LogP contribution in [0.2, 0.25) is 0 Å². The molecule has 1 aliphatic heterocycles. The lowest BCUT2D eigenvalue weighted by Gasteiger charge is -2.32. The standard InChI is InChI=1S/C16H21N3O2.C7H8/c1-11-4-6-19(7-5-11)14-10-17-18-13-9-16(21-3)15(20-2)8-12(13)14;1-7-5-3-2-4-6-7/h8-11H,4-7H2,1-3H3;2-6H,1H3. The number of aryl methyl sites for hydroxylation is 1. The van der Waals surface area contributed by atoms with Gasteiger partial charge in [-0.15, -0.1) is 0 Å². The van der Waals surface area contributed by atoms with Crippen LogP contribution in [0.1, 0.15) is 25.3 Å². The van der Waals surface area contributed by atoms with Gasteiger partial charge in [-0.25, -0.2) is 0 Å². The molecule has 1 fully saturated rings. The fraction of sp³-hybridized carbons (Fsp3) is 0.391. The Balaban J connectivity index is 0.000000271. The van der Waals surface area contributed by atoms with Gasteiger partial charge in [0.25, 0.3) is 0 Å². The van der Waals surface area contributed by atoms with E-state index < -0.39 is 0 Å². The number of nitrogens with zero attached hydrogens (tertiary/aromatic N) is 3. The lowest BCUT2D eigenvalue weighted by molar-refractivity contribution is 0.355. The number of piperidine rings is 1. The maximum atomic E-state index is 5.41. The number of hydrogen-bond donors (Lipinski definition) is 0. The van der Waals surface area contributed by atoms with E-state index in [4.69, 9.17) is 9.47 Å². The van der Waals surface area contributed by atoms with E-state index in [-0.39, 0.29) is 0 Å². The molecule has 0 spiro atoms. The Labute approximate surface area is 167 Å². The van der Waals surface area contributed by atoms with Crippen molar-refractivity contribution in [1.29, 1.82) is 0 Å². The Kier molecular flexibility index (Phi) is 6.69. The smallest absolute Gasteiger partial charge is 0.162 e. The minimum absolute atomic E-state index is 0.684. The molecule has 2 aromatic carbocycles. The topological polar surface area (TPSA) is 47.5 Å². The molecule has 28 heavy (non-hydrogen) atoms. The number of aromatic nitrogens is 2. The van der Waals surface area contributed by atoms with Gasteiger partial charge < -0.3 is 14.4 Å². The molecule has 0 radical (unpaired) electrons. The highest BCUT2D eigenvalue weighted by Gasteiger charge is 2.19. The van der Waals surface area contributed by atoms with Crippen LogP contribution in [0, 0.1) is 12.8 Å². The molecule has 1 aromatic heterocycles. The van der Waals surface area contributed by atoms with Crippen molar-refractivity contribution in [2.24, 2.45) is 5.92 Å². The highest BCUT2D eigenvalue weighted by Crippen LogP contribution is 2.36. The lowest BCUT2D eigenvalue weighted by atomic mass is 9.98. The summed E-state index contributed by atoms with van der Waals surface area (Å²) in [6.45, 7) is 6.53. The summed E-state index contributed by atoms with van der Waals surface area (Å²) in [5.74, 6) is 2.21. The molecule has 0 aliphatic carbocycles. The summed E-state index contributed by atoms with van der Waals surface area (Å²) >= 11 is 0. The number of fused-ring (bicyclic) bond motifs is 1. The van der Waals surface area contributed by atoms with Crippen molar-refractivity contribution in [2.45, 2.75) is 26.7 Å². The zero-order chi connectivity index (χ0) is 19.9. The summed E-state index contributed by atoms with van der Waals surface area (Å²) in [5.41, 5.74) is 3.29. The van der Waals surface area contributed by atoms with Crippen LogP contribution in [0.25, 0.3) is 10.9 Å². The zero-order valence-corrected chi connectivity index (χ0v) is 17.2. The third-order valence-electron chi connectivity index (χ3n) is 5.19. The summed E-state index contributed by atoms with van der Waals surface area (Å²) in [6.07, 6.45) is 4.29. The van der Waals surface area contributed by atoms with E-state index in [9.17, 15) is 0 Å². The Bertz CT molecular complexity index is 891. The van der Waals surface area contributed by atoms with E-state index in [1.165, 1.54) is 18.4 Å². The second-order valence-corrected chi connectivity index (χ2v) is 7.28. The van der Waals surface area contributed by atoms with Crippen LogP contribution in [0.4, 0.5) is 5.69 Å². The van der Waals surface area contributed by atoms with Crippen LogP contribution in [0.5, 0.6) is 11.5 Å². The van der Waals surface area contributed by atoms with Crippen LogP contribution in [0.3, 0.4) is 0 Å². The van der Waals surface area contributed by atoms with Crippen molar-refractivity contribution in [3.63, 3.8) is 0 Å². The second-order valence-electron chi connectivity index (χ2n) is 7.28. The summed E-state index contributed by atoms with van der Waals surface area (Å²) in [5, 5.41) is 9.44. The van der Waals surface area contributed by atoms with Gasteiger partial charge in [0.05, 0.1) is 31.6 Å². The number of methoxy groups -OCH3 is 2. The average Bonchev–Trinajstić information content (AvgIpc) is 2.74. The van der Waals surface area contributed by atoms with Crippen molar-refractivity contribution in [3.8, 4) is 11.5 Å².